The maximum Gasteiger partial charge on any atom is 0.252 e. The number of benzene rings is 10. The summed E-state index contributed by atoms with van der Waals surface area (Å²) in [6, 6.07) is 84.3. The highest BCUT2D eigenvalue weighted by atomic mass is 15.2. The predicted octanol–water partition coefficient (Wildman–Crippen LogP) is 17.6. The zero-order valence-corrected chi connectivity index (χ0v) is 44.3. The van der Waals surface area contributed by atoms with Crippen molar-refractivity contribution in [1.29, 1.82) is 0 Å². The number of anilines is 9. The molecule has 0 spiro atoms. The van der Waals surface area contributed by atoms with E-state index in [0.717, 1.165) is 28.4 Å². The van der Waals surface area contributed by atoms with Crippen molar-refractivity contribution in [3.05, 3.63) is 241 Å². The summed E-state index contributed by atoms with van der Waals surface area (Å²) < 4.78 is 0. The Balaban J connectivity index is 1.19. The van der Waals surface area contributed by atoms with Gasteiger partial charge in [0.1, 0.15) is 0 Å². The van der Waals surface area contributed by atoms with Crippen LogP contribution in [0.2, 0.25) is 0 Å². The second kappa shape index (κ2) is 17.8. The first-order valence-corrected chi connectivity index (χ1v) is 26.4. The molecule has 0 bridgehead atoms. The first-order chi connectivity index (χ1) is 35.6. The van der Waals surface area contributed by atoms with E-state index in [1.54, 1.807) is 0 Å². The summed E-state index contributed by atoms with van der Waals surface area (Å²) in [5, 5.41) is 2.42. The average molecular weight is 958 g/mol. The van der Waals surface area contributed by atoms with Crippen molar-refractivity contribution in [1.82, 2.24) is 0 Å². The van der Waals surface area contributed by atoms with Crippen LogP contribution in [-0.2, 0) is 16.2 Å². The highest BCUT2D eigenvalue weighted by molar-refractivity contribution is 7.00. The van der Waals surface area contributed by atoms with E-state index in [9.17, 15) is 0 Å². The van der Waals surface area contributed by atoms with Crippen molar-refractivity contribution >= 4 is 85.1 Å². The third-order valence-corrected chi connectivity index (χ3v) is 15.5. The molecular formula is C70H64BN3. The minimum Gasteiger partial charge on any atom is -0.311 e. The molecule has 362 valence electrons. The second-order valence-electron chi connectivity index (χ2n) is 23.5. The van der Waals surface area contributed by atoms with E-state index < -0.39 is 0 Å². The van der Waals surface area contributed by atoms with Crippen LogP contribution in [0.15, 0.2) is 224 Å². The third-order valence-electron chi connectivity index (χ3n) is 15.5. The molecule has 12 rings (SSSR count). The van der Waals surface area contributed by atoms with E-state index in [1.165, 1.54) is 88.9 Å². The largest absolute Gasteiger partial charge is 0.311 e. The maximum absolute atomic E-state index is 2.59. The Labute approximate surface area is 439 Å². The van der Waals surface area contributed by atoms with Gasteiger partial charge in [-0.1, -0.05) is 220 Å². The minimum atomic E-state index is -0.0650. The van der Waals surface area contributed by atoms with Gasteiger partial charge in [0.15, 0.2) is 0 Å². The van der Waals surface area contributed by atoms with E-state index in [1.807, 2.05) is 0 Å². The van der Waals surface area contributed by atoms with Gasteiger partial charge in [-0.05, 0) is 144 Å². The molecule has 0 aliphatic carbocycles. The minimum absolute atomic E-state index is 0.00414. The van der Waals surface area contributed by atoms with Gasteiger partial charge in [0.05, 0.1) is 11.4 Å². The van der Waals surface area contributed by atoms with E-state index in [2.05, 4.69) is 301 Å². The van der Waals surface area contributed by atoms with Crippen LogP contribution >= 0.6 is 0 Å². The Kier molecular flexibility index (Phi) is 11.3. The topological polar surface area (TPSA) is 9.72 Å². The highest BCUT2D eigenvalue weighted by Crippen LogP contribution is 2.50. The number of hydrogen-bond acceptors (Lipinski definition) is 3. The number of rotatable bonds is 7. The Morgan fingerprint density at radius 2 is 0.757 bits per heavy atom. The van der Waals surface area contributed by atoms with Crippen LogP contribution in [0.4, 0.5) is 51.2 Å². The van der Waals surface area contributed by atoms with Gasteiger partial charge >= 0.3 is 0 Å². The van der Waals surface area contributed by atoms with Gasteiger partial charge in [-0.15, -0.1) is 0 Å². The lowest BCUT2D eigenvalue weighted by molar-refractivity contribution is 0.590. The van der Waals surface area contributed by atoms with Crippen molar-refractivity contribution in [2.24, 2.45) is 0 Å². The van der Waals surface area contributed by atoms with Crippen LogP contribution in [0.25, 0.3) is 33.0 Å². The first-order valence-electron chi connectivity index (χ1n) is 26.4. The van der Waals surface area contributed by atoms with Crippen LogP contribution in [0, 0.1) is 0 Å². The molecule has 0 fully saturated rings. The van der Waals surface area contributed by atoms with Gasteiger partial charge in [0.25, 0.3) is 6.71 Å². The molecule has 2 aliphatic heterocycles. The lowest BCUT2D eigenvalue weighted by Gasteiger charge is -2.46. The zero-order chi connectivity index (χ0) is 51.1. The fraction of sp³-hybridized carbons (Fsp3) is 0.171. The van der Waals surface area contributed by atoms with E-state index >= 15 is 0 Å². The van der Waals surface area contributed by atoms with Crippen molar-refractivity contribution in [2.75, 3.05) is 14.7 Å². The molecule has 0 atom stereocenters. The van der Waals surface area contributed by atoms with Crippen LogP contribution in [-0.4, -0.2) is 6.71 Å². The molecule has 0 N–H and O–H groups in total. The van der Waals surface area contributed by atoms with Gasteiger partial charge < -0.3 is 14.7 Å². The van der Waals surface area contributed by atoms with Crippen LogP contribution in [0.1, 0.15) is 79.0 Å². The van der Waals surface area contributed by atoms with Gasteiger partial charge in [0.2, 0.25) is 0 Å². The molecule has 10 aromatic carbocycles. The molecule has 2 aliphatic rings. The Hall–Kier alpha value is -8.08. The van der Waals surface area contributed by atoms with E-state index in [4.69, 9.17) is 0 Å². The first kappa shape index (κ1) is 47.0. The molecule has 74 heavy (non-hydrogen) atoms. The molecular weight excluding hydrogens is 894 g/mol. The van der Waals surface area contributed by atoms with Crippen molar-refractivity contribution in [2.45, 2.75) is 78.6 Å². The standard InChI is InChI=1S/C70H64BN3/c1-68(2,3)52-31-39-57(40-32-52)73-63-41-33-53(69(4,5)6)43-60(63)71-61-44-54(70(7,8)9)34-42-64(61)74(62-26-18-24-51-23-16-17-25-59(51)62)66-46-58(45-65(73)67(66)71)72(55-35-27-49(28-36-55)47-19-12-10-13-20-47)56-37-29-50(30-38-56)48-21-14-11-15-22-48/h10-46H,1-9H3. The molecule has 3 nitrogen and oxygen atoms in total. The van der Waals surface area contributed by atoms with Crippen molar-refractivity contribution in [3.8, 4) is 22.3 Å². The molecule has 0 unspecified atom stereocenters. The van der Waals surface area contributed by atoms with Gasteiger partial charge in [0, 0.05) is 45.2 Å². The monoisotopic (exact) mass is 958 g/mol. The van der Waals surface area contributed by atoms with E-state index in [0.29, 0.717) is 0 Å². The molecule has 0 saturated heterocycles. The van der Waals surface area contributed by atoms with Gasteiger partial charge in [-0.3, -0.25) is 0 Å². The van der Waals surface area contributed by atoms with Crippen molar-refractivity contribution in [3.63, 3.8) is 0 Å². The second-order valence-corrected chi connectivity index (χ2v) is 23.5. The summed E-state index contributed by atoms with van der Waals surface area (Å²) in [4.78, 5) is 7.63. The quantitative estimate of drug-likeness (QED) is 0.147. The fourth-order valence-corrected chi connectivity index (χ4v) is 11.4. The molecule has 0 radical (unpaired) electrons. The van der Waals surface area contributed by atoms with Crippen LogP contribution in [0.5, 0.6) is 0 Å². The SMILES string of the molecule is CC(C)(C)c1ccc(N2c3ccc(C(C)(C)C)cc3B3c4cc(C(C)(C)C)ccc4N(c4cccc5ccccc45)c4cc(N(c5ccc(-c6ccccc6)cc5)c5ccc(-c6ccccc6)cc5)cc2c43)cc1. The average Bonchev–Trinajstić information content (AvgIpc) is 3.43. The van der Waals surface area contributed by atoms with Crippen molar-refractivity contribution < 1.29 is 0 Å². The smallest absolute Gasteiger partial charge is 0.252 e. The summed E-state index contributed by atoms with van der Waals surface area (Å²) >= 11 is 0. The molecule has 0 saturated carbocycles. The normalized spacial score (nSPS) is 13.1. The fourth-order valence-electron chi connectivity index (χ4n) is 11.4. The summed E-state index contributed by atoms with van der Waals surface area (Å²) in [5.41, 5.74) is 22.8. The summed E-state index contributed by atoms with van der Waals surface area (Å²) in [6.07, 6.45) is 0. The van der Waals surface area contributed by atoms with E-state index in [-0.39, 0.29) is 23.0 Å². The predicted molar refractivity (Wildman–Crippen MR) is 320 cm³/mol. The number of nitrogens with zero attached hydrogens (tertiary/aromatic N) is 3. The molecule has 4 heteroatoms. The Morgan fingerprint density at radius 1 is 0.324 bits per heavy atom. The Bertz CT molecular complexity index is 3620. The summed E-state index contributed by atoms with van der Waals surface area (Å²) in [6.45, 7) is 20.9. The summed E-state index contributed by atoms with van der Waals surface area (Å²) in [7, 11) is 0. The highest BCUT2D eigenvalue weighted by Gasteiger charge is 2.45. The lowest BCUT2D eigenvalue weighted by Crippen LogP contribution is -2.61. The van der Waals surface area contributed by atoms with Gasteiger partial charge in [-0.2, -0.15) is 0 Å². The lowest BCUT2D eigenvalue weighted by atomic mass is 9.33. The van der Waals surface area contributed by atoms with Crippen LogP contribution < -0.4 is 31.1 Å². The van der Waals surface area contributed by atoms with Gasteiger partial charge in [-0.25, -0.2) is 0 Å². The number of fused-ring (bicyclic) bond motifs is 5. The molecule has 2 heterocycles. The zero-order valence-electron chi connectivity index (χ0n) is 44.3. The van der Waals surface area contributed by atoms with Crippen LogP contribution in [0.3, 0.4) is 0 Å². The molecule has 0 amide bonds. The summed E-state index contributed by atoms with van der Waals surface area (Å²) in [5.74, 6) is 0. The molecule has 10 aromatic rings. The maximum atomic E-state index is 2.59. The molecule has 0 aromatic heterocycles. The third kappa shape index (κ3) is 8.27. The Morgan fingerprint density at radius 3 is 1.27 bits per heavy atom. The number of hydrogen-bond donors (Lipinski definition) is 0.